The first kappa shape index (κ1) is 33.1. The van der Waals surface area contributed by atoms with Gasteiger partial charge in [0.25, 0.3) is 0 Å². The van der Waals surface area contributed by atoms with Gasteiger partial charge >= 0.3 is 18.1 Å². The minimum atomic E-state index is -5.08. The lowest BCUT2D eigenvalue weighted by molar-refractivity contribution is -0.192. The van der Waals surface area contributed by atoms with Crippen molar-refractivity contribution in [3.8, 4) is 0 Å². The standard InChI is InChI=1S/C29H29BrN2O5.C2HF3O2/c1-27-20(17-11-5-3-6-12-17)21(18-13-7-4-8-14-18)28(2,25(27)36)29(30)22(27)23(33)32(26(29)37)16-10-9-15-19(31)24(34)35;3-2(4,5)1(6)7/h3-8,11-14,19,22H,9-10,15-16,31H2,1-2H3,(H,34,35);(H,6,7). The molecule has 5 rings (SSSR count). The molecule has 9 nitrogen and oxygen atoms in total. The van der Waals surface area contributed by atoms with E-state index in [1.54, 1.807) is 13.8 Å². The van der Waals surface area contributed by atoms with Crippen molar-refractivity contribution in [1.29, 1.82) is 0 Å². The van der Waals surface area contributed by atoms with Crippen LogP contribution in [0.25, 0.3) is 11.1 Å². The summed E-state index contributed by atoms with van der Waals surface area (Å²) >= 11 is 3.73. The molecule has 2 aliphatic carbocycles. The van der Waals surface area contributed by atoms with Gasteiger partial charge in [-0.1, -0.05) is 76.6 Å². The fourth-order valence-electron chi connectivity index (χ4n) is 6.83. The second-order valence-electron chi connectivity index (χ2n) is 11.3. The monoisotopic (exact) mass is 678 g/mol. The van der Waals surface area contributed by atoms with Gasteiger partial charge in [-0.3, -0.25) is 24.1 Å². The second kappa shape index (κ2) is 11.6. The Hall–Kier alpha value is -3.84. The zero-order valence-corrected chi connectivity index (χ0v) is 25.3. The van der Waals surface area contributed by atoms with Gasteiger partial charge in [0, 0.05) is 6.54 Å². The van der Waals surface area contributed by atoms with E-state index < -0.39 is 51.1 Å². The Labute approximate surface area is 259 Å². The number of hydrogen-bond acceptors (Lipinski definition) is 6. The van der Waals surface area contributed by atoms with Gasteiger partial charge in [-0.2, -0.15) is 13.2 Å². The number of ketones is 1. The quantitative estimate of drug-likeness (QED) is 0.209. The van der Waals surface area contributed by atoms with Crippen molar-refractivity contribution in [1.82, 2.24) is 4.90 Å². The van der Waals surface area contributed by atoms with E-state index in [9.17, 15) is 32.3 Å². The van der Waals surface area contributed by atoms with Crippen molar-refractivity contribution in [3.05, 3.63) is 71.8 Å². The summed E-state index contributed by atoms with van der Waals surface area (Å²) in [5, 5.41) is 16.1. The van der Waals surface area contributed by atoms with Crippen LogP contribution in [0.2, 0.25) is 0 Å². The molecule has 0 radical (unpaired) electrons. The van der Waals surface area contributed by atoms with E-state index in [4.69, 9.17) is 20.7 Å². The number of benzene rings is 2. The molecule has 1 heterocycles. The fourth-order valence-corrected chi connectivity index (χ4v) is 8.07. The summed E-state index contributed by atoms with van der Waals surface area (Å²) in [6.45, 7) is 3.75. The predicted molar refractivity (Wildman–Crippen MR) is 156 cm³/mol. The summed E-state index contributed by atoms with van der Waals surface area (Å²) in [7, 11) is 0. The molecule has 1 aliphatic heterocycles. The zero-order valence-electron chi connectivity index (χ0n) is 23.7. The van der Waals surface area contributed by atoms with Crippen molar-refractivity contribution in [3.63, 3.8) is 0 Å². The van der Waals surface area contributed by atoms with E-state index in [2.05, 4.69) is 15.9 Å². The summed E-state index contributed by atoms with van der Waals surface area (Å²) in [5.41, 5.74) is 6.39. The van der Waals surface area contributed by atoms with Crippen molar-refractivity contribution in [2.75, 3.05) is 6.54 Å². The number of carboxylic acid groups (broad SMARTS) is 2. The first-order valence-corrected chi connectivity index (χ1v) is 14.5. The van der Waals surface area contributed by atoms with Crippen LogP contribution in [0.3, 0.4) is 0 Å². The number of alkyl halides is 4. The molecule has 0 aromatic heterocycles. The van der Waals surface area contributed by atoms with Crippen molar-refractivity contribution in [2.24, 2.45) is 22.5 Å². The van der Waals surface area contributed by atoms with Gasteiger partial charge in [-0.15, -0.1) is 0 Å². The zero-order chi connectivity index (χ0) is 32.8. The van der Waals surface area contributed by atoms with Crippen LogP contribution in [0.1, 0.15) is 44.2 Å². The summed E-state index contributed by atoms with van der Waals surface area (Å²) in [6.07, 6.45) is -3.94. The normalized spacial score (nSPS) is 28.1. The number of carboxylic acids is 2. The number of carbonyl (C=O) groups is 5. The number of amides is 2. The van der Waals surface area contributed by atoms with Crippen LogP contribution in [0.5, 0.6) is 0 Å². The average Bonchev–Trinajstić information content (AvgIpc) is 3.35. The summed E-state index contributed by atoms with van der Waals surface area (Å²) in [5.74, 6) is -5.64. The third-order valence-electron chi connectivity index (χ3n) is 8.80. The van der Waals surface area contributed by atoms with E-state index >= 15 is 0 Å². The minimum Gasteiger partial charge on any atom is -0.480 e. The molecule has 2 amide bonds. The predicted octanol–water partition coefficient (Wildman–Crippen LogP) is 4.54. The molecular formula is C31H30BrF3N2O7. The molecule has 2 aromatic rings. The van der Waals surface area contributed by atoms with Crippen molar-refractivity contribution < 1.29 is 47.4 Å². The van der Waals surface area contributed by atoms with Gasteiger partial charge in [0.15, 0.2) is 5.78 Å². The van der Waals surface area contributed by atoms with Gasteiger partial charge in [-0.25, -0.2) is 4.79 Å². The number of Topliss-reactive ketones (excluding diaryl/α,β-unsaturated/α-hetero) is 1. The summed E-state index contributed by atoms with van der Waals surface area (Å²) in [6, 6.07) is 18.2. The summed E-state index contributed by atoms with van der Waals surface area (Å²) < 4.78 is 30.3. The average molecular weight is 679 g/mol. The SMILES string of the molecule is CC12C(=O)C(C)(C(c3ccccc3)=C1c1ccccc1)C1(Br)C(=O)N(CCCCC(N)C(=O)O)C(=O)C21.O=C(O)C(F)(F)F. The number of nitrogens with zero attached hydrogens (tertiary/aromatic N) is 1. The van der Waals surface area contributed by atoms with E-state index in [1.165, 1.54) is 4.90 Å². The Morgan fingerprint density at radius 2 is 1.41 bits per heavy atom. The molecule has 5 unspecified atom stereocenters. The Balaban J connectivity index is 0.000000566. The Morgan fingerprint density at radius 1 is 0.932 bits per heavy atom. The molecule has 2 bridgehead atoms. The topological polar surface area (TPSA) is 155 Å². The Bertz CT molecular complexity index is 1550. The second-order valence-corrected chi connectivity index (χ2v) is 12.6. The number of nitrogens with two attached hydrogens (primary N) is 1. The van der Waals surface area contributed by atoms with Gasteiger partial charge in [0.1, 0.15) is 10.4 Å². The van der Waals surface area contributed by atoms with Gasteiger partial charge in [0.2, 0.25) is 11.8 Å². The van der Waals surface area contributed by atoms with Gasteiger partial charge < -0.3 is 15.9 Å². The maximum absolute atomic E-state index is 14.3. The van der Waals surface area contributed by atoms with E-state index in [-0.39, 0.29) is 24.7 Å². The lowest BCUT2D eigenvalue weighted by Gasteiger charge is -2.41. The molecule has 1 saturated carbocycles. The molecule has 2 aromatic carbocycles. The van der Waals surface area contributed by atoms with Gasteiger partial charge in [-0.05, 0) is 55.4 Å². The number of hydrogen-bond donors (Lipinski definition) is 3. The highest BCUT2D eigenvalue weighted by atomic mass is 79.9. The molecule has 1 saturated heterocycles. The number of carbonyl (C=O) groups excluding carboxylic acids is 3. The highest BCUT2D eigenvalue weighted by molar-refractivity contribution is 9.10. The highest BCUT2D eigenvalue weighted by Gasteiger charge is 2.85. The van der Waals surface area contributed by atoms with Crippen LogP contribution in [-0.4, -0.2) is 67.7 Å². The third kappa shape index (κ3) is 4.86. The Kier molecular flexibility index (Phi) is 8.70. The molecule has 0 spiro atoms. The number of aliphatic carboxylic acids is 2. The number of imide groups is 1. The molecule has 3 aliphatic rings. The number of fused-ring (bicyclic) bond motifs is 5. The number of likely N-dealkylation sites (tertiary alicyclic amines) is 1. The maximum atomic E-state index is 14.3. The molecule has 4 N–H and O–H groups in total. The Morgan fingerprint density at radius 3 is 1.86 bits per heavy atom. The van der Waals surface area contributed by atoms with Crippen LogP contribution >= 0.6 is 15.9 Å². The largest absolute Gasteiger partial charge is 0.490 e. The first-order chi connectivity index (χ1) is 20.5. The molecule has 2 fully saturated rings. The first-order valence-electron chi connectivity index (χ1n) is 13.7. The van der Waals surface area contributed by atoms with E-state index in [1.807, 2.05) is 60.7 Å². The van der Waals surface area contributed by atoms with Crippen molar-refractivity contribution >= 4 is 56.6 Å². The summed E-state index contributed by atoms with van der Waals surface area (Å²) in [4.78, 5) is 63.4. The smallest absolute Gasteiger partial charge is 0.480 e. The third-order valence-corrected chi connectivity index (χ3v) is 10.4. The number of allylic oxidation sites excluding steroid dienone is 2. The fraction of sp³-hybridized carbons (Fsp3) is 0.387. The number of halogens is 4. The van der Waals surface area contributed by atoms with E-state index in [0.29, 0.717) is 12.8 Å². The van der Waals surface area contributed by atoms with Crippen LogP contribution in [-0.2, 0) is 24.0 Å². The molecule has 44 heavy (non-hydrogen) atoms. The molecule has 234 valence electrons. The minimum absolute atomic E-state index is 0.131. The highest BCUT2D eigenvalue weighted by Crippen LogP contribution is 2.77. The number of unbranched alkanes of at least 4 members (excludes halogenated alkanes) is 1. The molecule has 5 atom stereocenters. The number of rotatable bonds is 8. The lowest BCUT2D eigenvalue weighted by Crippen LogP contribution is -2.50. The van der Waals surface area contributed by atoms with E-state index in [0.717, 1.165) is 22.3 Å². The van der Waals surface area contributed by atoms with Crippen molar-refractivity contribution in [2.45, 2.75) is 49.7 Å². The maximum Gasteiger partial charge on any atom is 0.490 e. The van der Waals surface area contributed by atoms with Crippen LogP contribution in [0, 0.1) is 16.7 Å². The van der Waals surface area contributed by atoms with Crippen LogP contribution in [0.15, 0.2) is 60.7 Å². The molecular weight excluding hydrogens is 649 g/mol. The lowest BCUT2D eigenvalue weighted by atomic mass is 9.63. The van der Waals surface area contributed by atoms with Gasteiger partial charge in [0.05, 0.1) is 16.7 Å². The van der Waals surface area contributed by atoms with Crippen LogP contribution < -0.4 is 5.73 Å². The molecule has 13 heteroatoms. The van der Waals surface area contributed by atoms with Crippen LogP contribution in [0.4, 0.5) is 13.2 Å².